The first kappa shape index (κ1) is 16.6. The van der Waals surface area contributed by atoms with Crippen LogP contribution in [0.2, 0.25) is 0 Å². The molecule has 2 N–H and O–H groups in total. The number of aromatic nitrogens is 3. The van der Waals surface area contributed by atoms with E-state index in [9.17, 15) is 4.79 Å². The van der Waals surface area contributed by atoms with E-state index in [0.717, 1.165) is 16.9 Å². The van der Waals surface area contributed by atoms with Crippen LogP contribution in [0, 0.1) is 13.8 Å². The van der Waals surface area contributed by atoms with Crippen molar-refractivity contribution in [1.82, 2.24) is 20.3 Å². The van der Waals surface area contributed by atoms with Crippen molar-refractivity contribution in [3.8, 4) is 0 Å². The van der Waals surface area contributed by atoms with Crippen LogP contribution in [-0.2, 0) is 6.54 Å². The van der Waals surface area contributed by atoms with Gasteiger partial charge in [0.25, 0.3) is 5.91 Å². The van der Waals surface area contributed by atoms with E-state index in [-0.39, 0.29) is 5.91 Å². The van der Waals surface area contributed by atoms with Crippen molar-refractivity contribution in [3.63, 3.8) is 0 Å². The van der Waals surface area contributed by atoms with E-state index in [0.29, 0.717) is 18.1 Å². The van der Waals surface area contributed by atoms with Crippen molar-refractivity contribution in [2.24, 2.45) is 0 Å². The monoisotopic (exact) mass is 333 g/mol. The fourth-order valence-corrected chi connectivity index (χ4v) is 2.34. The second-order valence-corrected chi connectivity index (χ2v) is 5.66. The number of nitrogens with zero attached hydrogens (tertiary/aromatic N) is 3. The molecule has 0 bridgehead atoms. The molecule has 3 rings (SSSR count). The molecule has 6 heteroatoms. The Kier molecular flexibility index (Phi) is 4.99. The Morgan fingerprint density at radius 2 is 1.92 bits per heavy atom. The van der Waals surface area contributed by atoms with Gasteiger partial charge < -0.3 is 10.6 Å². The fourth-order valence-electron chi connectivity index (χ4n) is 2.34. The largest absolute Gasteiger partial charge is 0.345 e. The first-order chi connectivity index (χ1) is 12.1. The van der Waals surface area contributed by atoms with Crippen LogP contribution in [0.15, 0.2) is 55.0 Å². The van der Waals surface area contributed by atoms with Crippen molar-refractivity contribution in [2.45, 2.75) is 20.4 Å². The zero-order chi connectivity index (χ0) is 17.6. The van der Waals surface area contributed by atoms with Crippen molar-refractivity contribution in [3.05, 3.63) is 77.5 Å². The smallest absolute Gasteiger partial charge is 0.270 e. The third kappa shape index (κ3) is 4.17. The molecule has 0 aliphatic heterocycles. The van der Waals surface area contributed by atoms with Crippen LogP contribution >= 0.6 is 0 Å². The molecule has 126 valence electrons. The van der Waals surface area contributed by atoms with E-state index in [1.807, 2.05) is 37.3 Å². The molecule has 0 saturated carbocycles. The van der Waals surface area contributed by atoms with E-state index in [2.05, 4.69) is 38.6 Å². The Balaban J connectivity index is 1.70. The average molecular weight is 333 g/mol. The summed E-state index contributed by atoms with van der Waals surface area (Å²) in [5.41, 5.74) is 4.38. The zero-order valence-corrected chi connectivity index (χ0v) is 14.2. The summed E-state index contributed by atoms with van der Waals surface area (Å²) in [5, 5.41) is 6.05. The van der Waals surface area contributed by atoms with Gasteiger partial charge >= 0.3 is 0 Å². The molecule has 3 aromatic rings. The Hall–Kier alpha value is -3.28. The number of hydrogen-bond donors (Lipinski definition) is 2. The first-order valence-corrected chi connectivity index (χ1v) is 7.97. The minimum atomic E-state index is -0.267. The van der Waals surface area contributed by atoms with Gasteiger partial charge in [-0.1, -0.05) is 18.2 Å². The lowest BCUT2D eigenvalue weighted by molar-refractivity contribution is 0.0945. The summed E-state index contributed by atoms with van der Waals surface area (Å²) in [4.78, 5) is 24.7. The van der Waals surface area contributed by atoms with Crippen molar-refractivity contribution < 1.29 is 4.79 Å². The molecule has 25 heavy (non-hydrogen) atoms. The molecule has 0 aliphatic rings. The maximum absolute atomic E-state index is 12.3. The zero-order valence-electron chi connectivity index (χ0n) is 14.2. The predicted octanol–water partition coefficient (Wildman–Crippen LogP) is 3.16. The van der Waals surface area contributed by atoms with E-state index in [1.165, 1.54) is 11.9 Å². The van der Waals surface area contributed by atoms with E-state index in [1.54, 1.807) is 12.3 Å². The summed E-state index contributed by atoms with van der Waals surface area (Å²) in [7, 11) is 0. The number of hydrogen-bond acceptors (Lipinski definition) is 5. The molecule has 2 aromatic heterocycles. The summed E-state index contributed by atoms with van der Waals surface area (Å²) in [5.74, 6) is 0.309. The number of aryl methyl sites for hydroxylation is 1. The van der Waals surface area contributed by atoms with Crippen LogP contribution in [0.3, 0.4) is 0 Å². The summed E-state index contributed by atoms with van der Waals surface area (Å²) < 4.78 is 0. The highest BCUT2D eigenvalue weighted by Gasteiger charge is 2.10. The van der Waals surface area contributed by atoms with E-state index < -0.39 is 0 Å². The minimum Gasteiger partial charge on any atom is -0.345 e. The molecule has 1 amide bonds. The molecule has 0 spiro atoms. The van der Waals surface area contributed by atoms with Gasteiger partial charge in [0, 0.05) is 18.0 Å². The molecule has 0 saturated heterocycles. The van der Waals surface area contributed by atoms with Crippen molar-refractivity contribution >= 4 is 17.4 Å². The molecule has 0 atom stereocenters. The Morgan fingerprint density at radius 1 is 1.04 bits per heavy atom. The average Bonchev–Trinajstić information content (AvgIpc) is 2.64. The normalized spacial score (nSPS) is 10.3. The molecule has 0 aliphatic carbocycles. The van der Waals surface area contributed by atoms with Crippen molar-refractivity contribution in [1.29, 1.82) is 0 Å². The van der Waals surface area contributed by atoms with Gasteiger partial charge in [0.05, 0.1) is 12.2 Å². The molecule has 0 fully saturated rings. The predicted molar refractivity (Wildman–Crippen MR) is 96.6 cm³/mol. The maximum Gasteiger partial charge on any atom is 0.270 e. The van der Waals surface area contributed by atoms with Gasteiger partial charge in [-0.25, -0.2) is 9.97 Å². The van der Waals surface area contributed by atoms with Crippen molar-refractivity contribution in [2.75, 3.05) is 5.32 Å². The quantitative estimate of drug-likeness (QED) is 0.750. The van der Waals surface area contributed by atoms with Crippen LogP contribution in [-0.4, -0.2) is 20.9 Å². The molecule has 6 nitrogen and oxygen atoms in total. The van der Waals surface area contributed by atoms with E-state index >= 15 is 0 Å². The number of carbonyl (C=O) groups is 1. The summed E-state index contributed by atoms with van der Waals surface area (Å²) in [6.45, 7) is 4.44. The number of benzene rings is 1. The number of rotatable bonds is 5. The molecule has 0 unspecified atom stereocenters. The fraction of sp³-hybridized carbons (Fsp3) is 0.158. The third-order valence-electron chi connectivity index (χ3n) is 3.92. The van der Waals surface area contributed by atoms with Gasteiger partial charge in [-0.15, -0.1) is 0 Å². The summed E-state index contributed by atoms with van der Waals surface area (Å²) in [6.07, 6.45) is 3.07. The summed E-state index contributed by atoms with van der Waals surface area (Å²) >= 11 is 0. The highest BCUT2D eigenvalue weighted by Crippen LogP contribution is 2.21. The van der Waals surface area contributed by atoms with Gasteiger partial charge in [0.15, 0.2) is 0 Å². The summed E-state index contributed by atoms with van der Waals surface area (Å²) in [6, 6.07) is 13.2. The van der Waals surface area contributed by atoms with Crippen LogP contribution in [0.1, 0.15) is 27.3 Å². The SMILES string of the molecule is Cc1cccc(Nc2cc(C(=O)NCc3ccccn3)ncn2)c1C. The molecule has 2 heterocycles. The standard InChI is InChI=1S/C19H19N5O/c1-13-6-5-8-16(14(13)2)24-18-10-17(22-12-23-18)19(25)21-11-15-7-3-4-9-20-15/h3-10,12H,11H2,1-2H3,(H,21,25)(H,22,23,24). The lowest BCUT2D eigenvalue weighted by atomic mass is 10.1. The topological polar surface area (TPSA) is 79.8 Å². The van der Waals surface area contributed by atoms with Gasteiger partial charge in [-0.05, 0) is 43.2 Å². The van der Waals surface area contributed by atoms with Gasteiger partial charge in [0.2, 0.25) is 0 Å². The number of nitrogens with one attached hydrogen (secondary N) is 2. The molecular formula is C19H19N5O. The lowest BCUT2D eigenvalue weighted by Crippen LogP contribution is -2.24. The number of carbonyl (C=O) groups excluding carboxylic acids is 1. The minimum absolute atomic E-state index is 0.267. The van der Waals surface area contributed by atoms with Gasteiger partial charge in [-0.3, -0.25) is 9.78 Å². The van der Waals surface area contributed by atoms with Gasteiger partial charge in [0.1, 0.15) is 17.8 Å². The third-order valence-corrected chi connectivity index (χ3v) is 3.92. The van der Waals surface area contributed by atoms with Crippen LogP contribution in [0.25, 0.3) is 0 Å². The van der Waals surface area contributed by atoms with Crippen LogP contribution < -0.4 is 10.6 Å². The highest BCUT2D eigenvalue weighted by atomic mass is 16.1. The Labute approximate surface area is 146 Å². The molecular weight excluding hydrogens is 314 g/mol. The maximum atomic E-state index is 12.3. The second-order valence-electron chi connectivity index (χ2n) is 5.66. The van der Waals surface area contributed by atoms with Crippen LogP contribution in [0.4, 0.5) is 11.5 Å². The highest BCUT2D eigenvalue weighted by molar-refractivity contribution is 5.92. The number of amides is 1. The Bertz CT molecular complexity index is 880. The van der Waals surface area contributed by atoms with Gasteiger partial charge in [-0.2, -0.15) is 0 Å². The lowest BCUT2D eigenvalue weighted by Gasteiger charge is -2.11. The first-order valence-electron chi connectivity index (χ1n) is 7.97. The Morgan fingerprint density at radius 3 is 2.72 bits per heavy atom. The van der Waals surface area contributed by atoms with E-state index in [4.69, 9.17) is 0 Å². The number of anilines is 2. The molecule has 0 radical (unpaired) electrons. The number of pyridine rings is 1. The second kappa shape index (κ2) is 7.53. The van der Waals surface area contributed by atoms with Crippen LogP contribution in [0.5, 0.6) is 0 Å². The molecule has 1 aromatic carbocycles.